The van der Waals surface area contributed by atoms with E-state index in [2.05, 4.69) is 15.3 Å². The van der Waals surface area contributed by atoms with Gasteiger partial charge in [-0.15, -0.1) is 0 Å². The molecule has 0 aliphatic carbocycles. The molecule has 86 valence electrons. The first kappa shape index (κ1) is 11.1. The van der Waals surface area contributed by atoms with Gasteiger partial charge in [-0.25, -0.2) is 4.98 Å². The first-order chi connectivity index (χ1) is 8.15. The van der Waals surface area contributed by atoms with Crippen LogP contribution in [-0.4, -0.2) is 15.9 Å². The maximum atomic E-state index is 11.8. The maximum absolute atomic E-state index is 11.8. The molecule has 3 N–H and O–H groups in total. The first-order valence-corrected chi connectivity index (χ1v) is 5.11. The number of hydrogen-bond donors (Lipinski definition) is 2. The number of nitrogens with one attached hydrogen (secondary N) is 1. The molecule has 0 saturated carbocycles. The van der Waals surface area contributed by atoms with Crippen LogP contribution in [0.2, 0.25) is 0 Å². The van der Waals surface area contributed by atoms with Crippen molar-refractivity contribution < 1.29 is 4.79 Å². The standard InChI is InChI=1S/C12H12N4O/c1-8-2-4-10(7-14-8)16-12(17)11-5-3-9(13)6-15-11/h2-7H,13H2,1H3,(H,16,17). The number of amides is 1. The fourth-order valence-corrected chi connectivity index (χ4v) is 1.28. The minimum absolute atomic E-state index is 0.282. The summed E-state index contributed by atoms with van der Waals surface area (Å²) in [6.07, 6.45) is 3.05. The number of anilines is 2. The van der Waals surface area contributed by atoms with Crippen molar-refractivity contribution in [1.82, 2.24) is 9.97 Å². The zero-order chi connectivity index (χ0) is 12.3. The van der Waals surface area contributed by atoms with Gasteiger partial charge < -0.3 is 11.1 Å². The van der Waals surface area contributed by atoms with Crippen molar-refractivity contribution in [1.29, 1.82) is 0 Å². The molecule has 2 heterocycles. The molecule has 0 fully saturated rings. The Morgan fingerprint density at radius 3 is 2.59 bits per heavy atom. The van der Waals surface area contributed by atoms with E-state index in [4.69, 9.17) is 5.73 Å². The van der Waals surface area contributed by atoms with Crippen molar-refractivity contribution in [2.75, 3.05) is 11.1 Å². The van der Waals surface area contributed by atoms with Gasteiger partial charge in [0.25, 0.3) is 5.91 Å². The Labute approximate surface area is 98.7 Å². The zero-order valence-corrected chi connectivity index (χ0v) is 9.34. The Morgan fingerprint density at radius 1 is 1.18 bits per heavy atom. The van der Waals surface area contributed by atoms with E-state index in [1.54, 1.807) is 24.4 Å². The topological polar surface area (TPSA) is 80.9 Å². The van der Waals surface area contributed by atoms with E-state index in [1.807, 2.05) is 13.0 Å². The Hall–Kier alpha value is -2.43. The summed E-state index contributed by atoms with van der Waals surface area (Å²) in [4.78, 5) is 19.8. The number of carbonyl (C=O) groups is 1. The number of rotatable bonds is 2. The average Bonchev–Trinajstić information content (AvgIpc) is 2.33. The van der Waals surface area contributed by atoms with E-state index in [0.29, 0.717) is 17.1 Å². The predicted molar refractivity (Wildman–Crippen MR) is 65.6 cm³/mol. The van der Waals surface area contributed by atoms with E-state index >= 15 is 0 Å². The van der Waals surface area contributed by atoms with Gasteiger partial charge in [0.2, 0.25) is 0 Å². The van der Waals surface area contributed by atoms with E-state index in [-0.39, 0.29) is 5.91 Å². The molecule has 2 aromatic rings. The highest BCUT2D eigenvalue weighted by atomic mass is 16.1. The number of hydrogen-bond acceptors (Lipinski definition) is 4. The van der Waals surface area contributed by atoms with Gasteiger partial charge in [0.1, 0.15) is 5.69 Å². The first-order valence-electron chi connectivity index (χ1n) is 5.11. The molecular formula is C12H12N4O. The Balaban J connectivity index is 2.11. The molecule has 0 atom stereocenters. The lowest BCUT2D eigenvalue weighted by Gasteiger charge is -2.04. The molecule has 0 bridgehead atoms. The number of aryl methyl sites for hydroxylation is 1. The number of nitrogens with two attached hydrogens (primary N) is 1. The van der Waals surface area contributed by atoms with E-state index < -0.39 is 0 Å². The van der Waals surface area contributed by atoms with E-state index in [1.165, 1.54) is 6.20 Å². The molecule has 2 aromatic heterocycles. The van der Waals surface area contributed by atoms with Crippen LogP contribution in [0, 0.1) is 6.92 Å². The third-order valence-corrected chi connectivity index (χ3v) is 2.19. The van der Waals surface area contributed by atoms with Gasteiger partial charge in [0, 0.05) is 5.69 Å². The van der Waals surface area contributed by atoms with Gasteiger partial charge in [-0.2, -0.15) is 0 Å². The molecule has 17 heavy (non-hydrogen) atoms. The number of pyridine rings is 2. The van der Waals surface area contributed by atoms with Crippen LogP contribution >= 0.6 is 0 Å². The van der Waals surface area contributed by atoms with Crippen molar-refractivity contribution >= 4 is 17.3 Å². The number of aromatic nitrogens is 2. The molecular weight excluding hydrogens is 216 g/mol. The summed E-state index contributed by atoms with van der Waals surface area (Å²) in [6, 6.07) is 6.82. The monoisotopic (exact) mass is 228 g/mol. The maximum Gasteiger partial charge on any atom is 0.274 e. The molecule has 2 rings (SSSR count). The molecule has 0 aliphatic heterocycles. The SMILES string of the molecule is Cc1ccc(NC(=O)c2ccc(N)cn2)cn1. The summed E-state index contributed by atoms with van der Waals surface area (Å²) >= 11 is 0. The van der Waals surface area contributed by atoms with Crippen LogP contribution in [0.15, 0.2) is 36.7 Å². The fourth-order valence-electron chi connectivity index (χ4n) is 1.28. The number of carbonyl (C=O) groups excluding carboxylic acids is 1. The Bertz CT molecular complexity index is 519. The van der Waals surface area contributed by atoms with Gasteiger partial charge in [-0.1, -0.05) is 0 Å². The second kappa shape index (κ2) is 4.61. The molecule has 0 unspecified atom stereocenters. The van der Waals surface area contributed by atoms with Gasteiger partial charge in [-0.3, -0.25) is 9.78 Å². The fraction of sp³-hybridized carbons (Fsp3) is 0.0833. The third-order valence-electron chi connectivity index (χ3n) is 2.19. The predicted octanol–water partition coefficient (Wildman–Crippen LogP) is 1.62. The van der Waals surface area contributed by atoms with Crippen LogP contribution in [0.3, 0.4) is 0 Å². The summed E-state index contributed by atoms with van der Waals surface area (Å²) in [5.74, 6) is -0.282. The molecule has 0 aromatic carbocycles. The van der Waals surface area contributed by atoms with Gasteiger partial charge in [0.05, 0.1) is 23.8 Å². The minimum Gasteiger partial charge on any atom is -0.397 e. The zero-order valence-electron chi connectivity index (χ0n) is 9.34. The lowest BCUT2D eigenvalue weighted by atomic mass is 10.3. The summed E-state index contributed by atoms with van der Waals surface area (Å²) < 4.78 is 0. The molecule has 0 saturated heterocycles. The van der Waals surface area contributed by atoms with Crippen molar-refractivity contribution in [3.8, 4) is 0 Å². The molecule has 1 amide bonds. The average molecular weight is 228 g/mol. The van der Waals surface area contributed by atoms with Crippen molar-refractivity contribution in [3.63, 3.8) is 0 Å². The largest absolute Gasteiger partial charge is 0.397 e. The highest BCUT2D eigenvalue weighted by Gasteiger charge is 2.06. The number of nitrogen functional groups attached to an aromatic ring is 1. The normalized spacial score (nSPS) is 9.94. The second-order valence-corrected chi connectivity index (χ2v) is 3.62. The van der Waals surface area contributed by atoms with Crippen molar-refractivity contribution in [3.05, 3.63) is 48.0 Å². The van der Waals surface area contributed by atoms with E-state index in [9.17, 15) is 4.79 Å². The van der Waals surface area contributed by atoms with Crippen LogP contribution in [0.1, 0.15) is 16.2 Å². The van der Waals surface area contributed by atoms with E-state index in [0.717, 1.165) is 5.69 Å². The summed E-state index contributed by atoms with van der Waals surface area (Å²) in [7, 11) is 0. The highest BCUT2D eigenvalue weighted by Crippen LogP contribution is 2.08. The molecule has 0 aliphatic rings. The Morgan fingerprint density at radius 2 is 2.00 bits per heavy atom. The van der Waals surface area contributed by atoms with Crippen LogP contribution in [-0.2, 0) is 0 Å². The van der Waals surface area contributed by atoms with Gasteiger partial charge in [0.15, 0.2) is 0 Å². The smallest absolute Gasteiger partial charge is 0.274 e. The lowest BCUT2D eigenvalue weighted by Crippen LogP contribution is -2.13. The number of nitrogens with zero attached hydrogens (tertiary/aromatic N) is 2. The second-order valence-electron chi connectivity index (χ2n) is 3.62. The van der Waals surface area contributed by atoms with Crippen LogP contribution in [0.4, 0.5) is 11.4 Å². The summed E-state index contributed by atoms with van der Waals surface area (Å²) in [5, 5.41) is 2.70. The van der Waals surface area contributed by atoms with Crippen LogP contribution in [0.25, 0.3) is 0 Å². The van der Waals surface area contributed by atoms with Gasteiger partial charge in [-0.05, 0) is 31.2 Å². The van der Waals surface area contributed by atoms with Crippen molar-refractivity contribution in [2.24, 2.45) is 0 Å². The lowest BCUT2D eigenvalue weighted by molar-refractivity contribution is 0.102. The Kier molecular flexibility index (Phi) is 3.00. The molecule has 5 heteroatoms. The minimum atomic E-state index is -0.282. The summed E-state index contributed by atoms with van der Waals surface area (Å²) in [6.45, 7) is 1.88. The molecule has 5 nitrogen and oxygen atoms in total. The van der Waals surface area contributed by atoms with Crippen LogP contribution in [0.5, 0.6) is 0 Å². The quantitative estimate of drug-likeness (QED) is 0.818. The van der Waals surface area contributed by atoms with Crippen molar-refractivity contribution in [2.45, 2.75) is 6.92 Å². The van der Waals surface area contributed by atoms with Gasteiger partial charge >= 0.3 is 0 Å². The highest BCUT2D eigenvalue weighted by molar-refractivity contribution is 6.02. The molecule has 0 spiro atoms. The van der Waals surface area contributed by atoms with Crippen LogP contribution < -0.4 is 11.1 Å². The molecule has 0 radical (unpaired) electrons. The third kappa shape index (κ3) is 2.78. The summed E-state index contributed by atoms with van der Waals surface area (Å²) in [5.41, 5.74) is 7.87.